The maximum absolute atomic E-state index is 12.6. The number of hydrogen-bond donors (Lipinski definition) is 0. The van der Waals surface area contributed by atoms with E-state index in [9.17, 15) is 4.79 Å². The molecule has 0 aliphatic rings. The van der Waals surface area contributed by atoms with Crippen LogP contribution in [0.4, 0.5) is 0 Å². The number of benzene rings is 2. The van der Waals surface area contributed by atoms with E-state index in [4.69, 9.17) is 0 Å². The summed E-state index contributed by atoms with van der Waals surface area (Å²) in [7, 11) is 0. The van der Waals surface area contributed by atoms with Gasteiger partial charge >= 0.3 is 0 Å². The largest absolute Gasteiger partial charge is 0.283 e. The molecule has 0 radical (unpaired) electrons. The number of aromatic nitrogens is 2. The van der Waals surface area contributed by atoms with Crippen molar-refractivity contribution in [1.29, 1.82) is 0 Å². The van der Waals surface area contributed by atoms with Crippen LogP contribution in [0.5, 0.6) is 0 Å². The zero-order chi connectivity index (χ0) is 16.8. The van der Waals surface area contributed by atoms with Gasteiger partial charge in [-0.25, -0.2) is 4.98 Å². The third kappa shape index (κ3) is 3.66. The summed E-state index contributed by atoms with van der Waals surface area (Å²) in [5, 5.41) is 1.36. The molecule has 0 fully saturated rings. The van der Waals surface area contributed by atoms with E-state index >= 15 is 0 Å². The Morgan fingerprint density at radius 2 is 1.83 bits per heavy atom. The zero-order valence-corrected chi connectivity index (χ0v) is 14.1. The molecular weight excluding hydrogens is 316 g/mol. The first-order valence-corrected chi connectivity index (χ1v) is 8.73. The van der Waals surface area contributed by atoms with Crippen LogP contribution in [-0.2, 0) is 6.54 Å². The lowest BCUT2D eigenvalue weighted by Crippen LogP contribution is -2.22. The van der Waals surface area contributed by atoms with Crippen LogP contribution in [-0.4, -0.2) is 15.3 Å². The third-order valence-electron chi connectivity index (χ3n) is 3.56. The van der Waals surface area contributed by atoms with Crippen molar-refractivity contribution in [2.24, 2.45) is 0 Å². The molecule has 3 nitrogen and oxygen atoms in total. The van der Waals surface area contributed by atoms with Gasteiger partial charge in [0.15, 0.2) is 5.16 Å². The zero-order valence-electron chi connectivity index (χ0n) is 13.3. The van der Waals surface area contributed by atoms with E-state index in [1.165, 1.54) is 0 Å². The highest BCUT2D eigenvalue weighted by Crippen LogP contribution is 2.18. The fraction of sp³-hybridized carbons (Fsp3) is 0.100. The summed E-state index contributed by atoms with van der Waals surface area (Å²) in [5.74, 6) is 0.747. The Morgan fingerprint density at radius 3 is 2.62 bits per heavy atom. The fourth-order valence-electron chi connectivity index (χ4n) is 2.42. The van der Waals surface area contributed by atoms with E-state index in [-0.39, 0.29) is 5.56 Å². The molecule has 0 atom stereocenters. The smallest absolute Gasteiger partial charge is 0.262 e. The number of nitrogens with zero attached hydrogens (tertiary/aromatic N) is 2. The fourth-order valence-corrected chi connectivity index (χ4v) is 3.24. The van der Waals surface area contributed by atoms with Crippen LogP contribution in [0.15, 0.2) is 83.3 Å². The molecule has 3 aromatic rings. The van der Waals surface area contributed by atoms with Crippen LogP contribution in [0.2, 0.25) is 0 Å². The van der Waals surface area contributed by atoms with E-state index in [1.807, 2.05) is 42.5 Å². The Labute approximate surface area is 145 Å². The SMILES string of the molecule is C=CCn1c(SC/C=C\c2ccccc2)nc2ccccc2c1=O. The average molecular weight is 334 g/mol. The number of para-hydroxylation sites is 1. The minimum absolute atomic E-state index is 0.0185. The lowest BCUT2D eigenvalue weighted by Gasteiger charge is -2.10. The summed E-state index contributed by atoms with van der Waals surface area (Å²) in [6.07, 6.45) is 5.88. The summed E-state index contributed by atoms with van der Waals surface area (Å²) in [5.41, 5.74) is 1.88. The minimum Gasteiger partial charge on any atom is -0.283 e. The van der Waals surface area contributed by atoms with Crippen LogP contribution in [0.1, 0.15) is 5.56 Å². The van der Waals surface area contributed by atoms with Gasteiger partial charge in [-0.05, 0) is 17.7 Å². The summed E-state index contributed by atoms with van der Waals surface area (Å²) >= 11 is 1.55. The monoisotopic (exact) mass is 334 g/mol. The van der Waals surface area contributed by atoms with E-state index in [0.29, 0.717) is 11.9 Å². The Hall–Kier alpha value is -2.59. The molecule has 0 amide bonds. The van der Waals surface area contributed by atoms with E-state index in [1.54, 1.807) is 22.4 Å². The quantitative estimate of drug-likeness (QED) is 0.381. The van der Waals surface area contributed by atoms with E-state index < -0.39 is 0 Å². The predicted octanol–water partition coefficient (Wildman–Crippen LogP) is 4.39. The van der Waals surface area contributed by atoms with Crippen molar-refractivity contribution in [1.82, 2.24) is 9.55 Å². The van der Waals surface area contributed by atoms with Gasteiger partial charge in [-0.1, -0.05) is 72.5 Å². The normalized spacial score (nSPS) is 11.2. The van der Waals surface area contributed by atoms with Gasteiger partial charge in [0.05, 0.1) is 10.9 Å². The predicted molar refractivity (Wildman–Crippen MR) is 102 cm³/mol. The van der Waals surface area contributed by atoms with Crippen LogP contribution in [0, 0.1) is 0 Å². The molecule has 3 rings (SSSR count). The first-order valence-electron chi connectivity index (χ1n) is 7.74. The van der Waals surface area contributed by atoms with Crippen molar-refractivity contribution in [2.75, 3.05) is 5.75 Å². The standard InChI is InChI=1S/C20H18N2OS/c1-2-14-22-19(23)17-12-6-7-13-18(17)21-20(22)24-15-8-11-16-9-4-3-5-10-16/h2-13H,1,14-15H2/b11-8-. The molecule has 0 unspecified atom stereocenters. The molecular formula is C20H18N2OS. The first-order chi connectivity index (χ1) is 11.8. The lowest BCUT2D eigenvalue weighted by molar-refractivity contribution is 0.672. The second kappa shape index (κ2) is 7.79. The van der Waals surface area contributed by atoms with Gasteiger partial charge in [-0.3, -0.25) is 9.36 Å². The molecule has 2 aromatic carbocycles. The van der Waals surface area contributed by atoms with Gasteiger partial charge in [-0.15, -0.1) is 6.58 Å². The molecule has 0 spiro atoms. The highest BCUT2D eigenvalue weighted by Gasteiger charge is 2.09. The summed E-state index contributed by atoms with van der Waals surface area (Å²) < 4.78 is 1.68. The first kappa shape index (κ1) is 16.3. The van der Waals surface area contributed by atoms with Crippen molar-refractivity contribution < 1.29 is 0 Å². The lowest BCUT2D eigenvalue weighted by atomic mass is 10.2. The van der Waals surface area contributed by atoms with Crippen molar-refractivity contribution >= 4 is 28.7 Å². The number of hydrogen-bond acceptors (Lipinski definition) is 3. The highest BCUT2D eigenvalue weighted by atomic mass is 32.2. The van der Waals surface area contributed by atoms with Gasteiger partial charge < -0.3 is 0 Å². The highest BCUT2D eigenvalue weighted by molar-refractivity contribution is 7.99. The maximum Gasteiger partial charge on any atom is 0.262 e. The van der Waals surface area contributed by atoms with Gasteiger partial charge in [-0.2, -0.15) is 0 Å². The number of fused-ring (bicyclic) bond motifs is 1. The summed E-state index contributed by atoms with van der Waals surface area (Å²) in [6, 6.07) is 17.6. The van der Waals surface area contributed by atoms with Gasteiger partial charge in [0.1, 0.15) is 0 Å². The second-order valence-corrected chi connectivity index (χ2v) is 6.23. The summed E-state index contributed by atoms with van der Waals surface area (Å²) in [6.45, 7) is 4.20. The molecule has 0 saturated carbocycles. The molecule has 4 heteroatoms. The van der Waals surface area contributed by atoms with Gasteiger partial charge in [0, 0.05) is 12.3 Å². The molecule has 0 bridgehead atoms. The van der Waals surface area contributed by atoms with Crippen molar-refractivity contribution in [3.63, 3.8) is 0 Å². The van der Waals surface area contributed by atoms with Crippen LogP contribution >= 0.6 is 11.8 Å². The summed E-state index contributed by atoms with van der Waals surface area (Å²) in [4.78, 5) is 17.3. The minimum atomic E-state index is -0.0185. The molecule has 0 aliphatic heterocycles. The Morgan fingerprint density at radius 1 is 1.08 bits per heavy atom. The van der Waals surface area contributed by atoms with Crippen LogP contribution < -0.4 is 5.56 Å². The van der Waals surface area contributed by atoms with E-state index in [0.717, 1.165) is 22.0 Å². The van der Waals surface area contributed by atoms with Gasteiger partial charge in [0.25, 0.3) is 5.56 Å². The molecule has 1 heterocycles. The number of rotatable bonds is 6. The Bertz CT molecular complexity index is 929. The molecule has 0 N–H and O–H groups in total. The number of thioether (sulfide) groups is 1. The van der Waals surface area contributed by atoms with Crippen molar-refractivity contribution in [3.8, 4) is 0 Å². The Balaban J connectivity index is 1.85. The molecule has 24 heavy (non-hydrogen) atoms. The van der Waals surface area contributed by atoms with Crippen molar-refractivity contribution in [2.45, 2.75) is 11.7 Å². The van der Waals surface area contributed by atoms with Gasteiger partial charge in [0.2, 0.25) is 0 Å². The molecule has 0 saturated heterocycles. The second-order valence-electron chi connectivity index (χ2n) is 5.24. The third-order valence-corrected chi connectivity index (χ3v) is 4.49. The number of allylic oxidation sites excluding steroid dienone is 1. The van der Waals surface area contributed by atoms with Crippen molar-refractivity contribution in [3.05, 3.63) is 89.2 Å². The average Bonchev–Trinajstić information content (AvgIpc) is 2.63. The molecule has 1 aromatic heterocycles. The van der Waals surface area contributed by atoms with E-state index in [2.05, 4.69) is 35.8 Å². The topological polar surface area (TPSA) is 34.9 Å². The molecule has 120 valence electrons. The maximum atomic E-state index is 12.6. The van der Waals surface area contributed by atoms with Crippen LogP contribution in [0.3, 0.4) is 0 Å². The Kier molecular flexibility index (Phi) is 5.29. The van der Waals surface area contributed by atoms with Crippen LogP contribution in [0.25, 0.3) is 17.0 Å². The molecule has 0 aliphatic carbocycles.